The first-order chi connectivity index (χ1) is 15.0. The fraction of sp³-hybridized carbons (Fsp3) is 0.417. The van der Waals surface area contributed by atoms with E-state index in [1.165, 1.54) is 43.4 Å². The van der Waals surface area contributed by atoms with Crippen LogP contribution >= 0.6 is 11.3 Å². The van der Waals surface area contributed by atoms with Gasteiger partial charge in [-0.3, -0.25) is 0 Å². The smallest absolute Gasteiger partial charge is 0.337 e. The molecule has 3 aromatic rings. The van der Waals surface area contributed by atoms with Gasteiger partial charge in [0.2, 0.25) is 0 Å². The quantitative estimate of drug-likeness (QED) is 0.496. The molecule has 0 saturated heterocycles. The van der Waals surface area contributed by atoms with Gasteiger partial charge in [0.1, 0.15) is 16.5 Å². The fourth-order valence-electron chi connectivity index (χ4n) is 4.39. The zero-order valence-electron chi connectivity index (χ0n) is 18.2. The molecule has 1 fully saturated rings. The van der Waals surface area contributed by atoms with E-state index in [1.807, 2.05) is 30.5 Å². The molecule has 1 aliphatic rings. The molecule has 2 aromatic heterocycles. The Hall–Kier alpha value is -2.80. The van der Waals surface area contributed by atoms with Crippen LogP contribution < -0.4 is 9.47 Å². The molecular weight excluding hydrogens is 412 g/mol. The standard InChI is InChI=1S/C24H28N2O4S/c1-15-20(24(27)28)12-22(26(15)13-16-7-5-4-6-8-16)21-14-31-23(25-21)17-9-18(29-2)11-19(10-17)30-3/h9-12,14,16H,4-8,13H2,1-3H3,(H,27,28). The van der Waals surface area contributed by atoms with Crippen molar-refractivity contribution in [3.63, 3.8) is 0 Å². The van der Waals surface area contributed by atoms with Crippen LogP contribution in [0.3, 0.4) is 0 Å². The zero-order valence-corrected chi connectivity index (χ0v) is 19.0. The highest BCUT2D eigenvalue weighted by atomic mass is 32.1. The highest BCUT2D eigenvalue weighted by Gasteiger charge is 2.23. The minimum Gasteiger partial charge on any atom is -0.497 e. The summed E-state index contributed by atoms with van der Waals surface area (Å²) in [6.07, 6.45) is 6.21. The molecule has 31 heavy (non-hydrogen) atoms. The van der Waals surface area contributed by atoms with Gasteiger partial charge in [-0.15, -0.1) is 11.3 Å². The number of methoxy groups -OCH3 is 2. The Balaban J connectivity index is 1.72. The molecule has 1 aromatic carbocycles. The van der Waals surface area contributed by atoms with E-state index in [0.29, 0.717) is 23.0 Å². The van der Waals surface area contributed by atoms with Crippen molar-refractivity contribution in [2.45, 2.75) is 45.6 Å². The van der Waals surface area contributed by atoms with Crippen molar-refractivity contribution in [1.29, 1.82) is 0 Å². The SMILES string of the molecule is COc1cc(OC)cc(-c2nc(-c3cc(C(=O)O)c(C)n3CC3CCCCC3)cs2)c1. The summed E-state index contributed by atoms with van der Waals surface area (Å²) in [5, 5.41) is 12.5. The third-order valence-electron chi connectivity index (χ3n) is 6.13. The first-order valence-electron chi connectivity index (χ1n) is 10.6. The summed E-state index contributed by atoms with van der Waals surface area (Å²) in [4.78, 5) is 16.7. The van der Waals surface area contributed by atoms with Crippen molar-refractivity contribution >= 4 is 17.3 Å². The molecule has 1 aliphatic carbocycles. The van der Waals surface area contributed by atoms with Crippen LogP contribution in [0.25, 0.3) is 22.0 Å². The molecule has 0 aliphatic heterocycles. The molecule has 0 spiro atoms. The predicted molar refractivity (Wildman–Crippen MR) is 122 cm³/mol. The van der Waals surface area contributed by atoms with Gasteiger partial charge in [0.15, 0.2) is 0 Å². The number of aromatic nitrogens is 2. The van der Waals surface area contributed by atoms with Gasteiger partial charge in [0.25, 0.3) is 0 Å². The molecule has 0 unspecified atom stereocenters. The summed E-state index contributed by atoms with van der Waals surface area (Å²) in [6.45, 7) is 2.74. The van der Waals surface area contributed by atoms with Gasteiger partial charge in [0, 0.05) is 29.2 Å². The molecule has 1 N–H and O–H groups in total. The lowest BCUT2D eigenvalue weighted by atomic mass is 9.89. The molecule has 0 amide bonds. The van der Waals surface area contributed by atoms with Gasteiger partial charge < -0.3 is 19.1 Å². The van der Waals surface area contributed by atoms with Crippen molar-refractivity contribution in [2.75, 3.05) is 14.2 Å². The Labute approximate surface area is 186 Å². The molecule has 0 atom stereocenters. The number of carboxylic acids is 1. The van der Waals surface area contributed by atoms with Crippen LogP contribution in [0.4, 0.5) is 0 Å². The molecule has 6 nitrogen and oxygen atoms in total. The second kappa shape index (κ2) is 9.14. The minimum atomic E-state index is -0.894. The Morgan fingerprint density at radius 1 is 1.13 bits per heavy atom. The Morgan fingerprint density at radius 3 is 2.42 bits per heavy atom. The Morgan fingerprint density at radius 2 is 1.81 bits per heavy atom. The average molecular weight is 441 g/mol. The van der Waals surface area contributed by atoms with Crippen molar-refractivity contribution < 1.29 is 19.4 Å². The normalized spacial score (nSPS) is 14.5. The average Bonchev–Trinajstić information content (AvgIpc) is 3.39. The van der Waals surface area contributed by atoms with E-state index >= 15 is 0 Å². The second-order valence-electron chi connectivity index (χ2n) is 8.09. The lowest BCUT2D eigenvalue weighted by Crippen LogP contribution is -2.16. The number of ether oxygens (including phenoxy) is 2. The van der Waals surface area contributed by atoms with Crippen molar-refractivity contribution in [2.24, 2.45) is 5.92 Å². The summed E-state index contributed by atoms with van der Waals surface area (Å²) in [5.41, 5.74) is 3.73. The van der Waals surface area contributed by atoms with Crippen LogP contribution in [0.5, 0.6) is 11.5 Å². The summed E-state index contributed by atoms with van der Waals surface area (Å²) >= 11 is 1.53. The Bertz CT molecular complexity index is 1060. The van der Waals surface area contributed by atoms with Gasteiger partial charge in [-0.05, 0) is 43.9 Å². The van der Waals surface area contributed by atoms with E-state index in [4.69, 9.17) is 14.5 Å². The van der Waals surface area contributed by atoms with Crippen LogP contribution in [0, 0.1) is 12.8 Å². The summed E-state index contributed by atoms with van der Waals surface area (Å²) in [5.74, 6) is 1.10. The number of nitrogens with zero attached hydrogens (tertiary/aromatic N) is 2. The van der Waals surface area contributed by atoms with E-state index in [-0.39, 0.29) is 0 Å². The highest BCUT2D eigenvalue weighted by molar-refractivity contribution is 7.13. The van der Waals surface area contributed by atoms with Crippen LogP contribution in [0.2, 0.25) is 0 Å². The number of hydrogen-bond acceptors (Lipinski definition) is 5. The zero-order chi connectivity index (χ0) is 22.0. The van der Waals surface area contributed by atoms with Crippen LogP contribution in [-0.2, 0) is 6.54 Å². The molecule has 4 rings (SSSR count). The number of carbonyl (C=O) groups is 1. The predicted octanol–water partition coefficient (Wildman–Crippen LogP) is 5.88. The third kappa shape index (κ3) is 4.46. The maximum Gasteiger partial charge on any atom is 0.337 e. The second-order valence-corrected chi connectivity index (χ2v) is 8.95. The molecule has 0 bridgehead atoms. The third-order valence-corrected chi connectivity index (χ3v) is 7.02. The number of hydrogen-bond donors (Lipinski definition) is 1. The Kier molecular flexibility index (Phi) is 6.32. The van der Waals surface area contributed by atoms with E-state index < -0.39 is 5.97 Å². The number of rotatable bonds is 7. The van der Waals surface area contributed by atoms with E-state index in [0.717, 1.165) is 34.2 Å². The fourth-order valence-corrected chi connectivity index (χ4v) is 5.19. The van der Waals surface area contributed by atoms with Crippen molar-refractivity contribution in [1.82, 2.24) is 9.55 Å². The highest BCUT2D eigenvalue weighted by Crippen LogP contribution is 2.36. The van der Waals surface area contributed by atoms with Crippen LogP contribution in [-0.4, -0.2) is 34.8 Å². The number of carboxylic acid groups (broad SMARTS) is 1. The van der Waals surface area contributed by atoms with Gasteiger partial charge in [-0.25, -0.2) is 9.78 Å². The summed E-state index contributed by atoms with van der Waals surface area (Å²) in [6, 6.07) is 7.46. The van der Waals surface area contributed by atoms with Gasteiger partial charge >= 0.3 is 5.97 Å². The minimum absolute atomic E-state index is 0.350. The lowest BCUT2D eigenvalue weighted by Gasteiger charge is -2.24. The van der Waals surface area contributed by atoms with E-state index in [1.54, 1.807) is 20.3 Å². The molecule has 7 heteroatoms. The topological polar surface area (TPSA) is 73.6 Å². The molecule has 0 radical (unpaired) electrons. The largest absolute Gasteiger partial charge is 0.497 e. The van der Waals surface area contributed by atoms with Gasteiger partial charge in [-0.1, -0.05) is 19.3 Å². The summed E-state index contributed by atoms with van der Waals surface area (Å²) < 4.78 is 12.9. The lowest BCUT2D eigenvalue weighted by molar-refractivity contribution is 0.0696. The number of benzene rings is 1. The maximum absolute atomic E-state index is 11.8. The number of aromatic carboxylic acids is 1. The van der Waals surface area contributed by atoms with Crippen LogP contribution in [0.15, 0.2) is 29.6 Å². The van der Waals surface area contributed by atoms with Gasteiger partial charge in [0.05, 0.1) is 31.2 Å². The van der Waals surface area contributed by atoms with Crippen LogP contribution in [0.1, 0.15) is 48.2 Å². The molecule has 2 heterocycles. The molecular formula is C24H28N2O4S. The number of thiazole rings is 1. The first kappa shape index (κ1) is 21.4. The van der Waals surface area contributed by atoms with Crippen molar-refractivity contribution in [3.05, 3.63) is 40.9 Å². The monoisotopic (exact) mass is 440 g/mol. The maximum atomic E-state index is 11.8. The van der Waals surface area contributed by atoms with E-state index in [2.05, 4.69) is 4.57 Å². The summed E-state index contributed by atoms with van der Waals surface area (Å²) in [7, 11) is 3.25. The molecule has 164 valence electrons. The van der Waals surface area contributed by atoms with Gasteiger partial charge in [-0.2, -0.15) is 0 Å². The molecule has 1 saturated carbocycles. The van der Waals surface area contributed by atoms with E-state index in [9.17, 15) is 9.90 Å². The van der Waals surface area contributed by atoms with Crippen molar-refractivity contribution in [3.8, 4) is 33.5 Å². The first-order valence-corrected chi connectivity index (χ1v) is 11.5.